The molecule has 1 aliphatic heterocycles. The minimum absolute atomic E-state index is 0.0567. The number of carbonyl (C=O) groups excluding carboxylic acids is 2. The number of rotatable bonds is 4. The van der Waals surface area contributed by atoms with Crippen molar-refractivity contribution in [2.75, 3.05) is 13.1 Å². The summed E-state index contributed by atoms with van der Waals surface area (Å²) in [5.41, 5.74) is 7.00. The number of piperidine rings is 1. The second-order valence-electron chi connectivity index (χ2n) is 4.80. The van der Waals surface area contributed by atoms with Crippen LogP contribution in [0.4, 0.5) is 0 Å². The number of hydrogen-bond donors (Lipinski definition) is 3. The van der Waals surface area contributed by atoms with Gasteiger partial charge in [-0.2, -0.15) is 0 Å². The molecule has 4 N–H and O–H groups in total. The van der Waals surface area contributed by atoms with Gasteiger partial charge in [0.05, 0.1) is 0 Å². The Kier molecular flexibility index (Phi) is 4.52. The molecular weight excluding hydrogens is 242 g/mol. The van der Waals surface area contributed by atoms with Crippen LogP contribution in [0.3, 0.4) is 0 Å². The Labute approximate surface area is 112 Å². The van der Waals surface area contributed by atoms with Gasteiger partial charge in [0, 0.05) is 31.5 Å². The van der Waals surface area contributed by atoms with Crippen molar-refractivity contribution in [2.24, 2.45) is 11.7 Å². The molecule has 1 heterocycles. The molecule has 1 saturated heterocycles. The first-order valence-corrected chi connectivity index (χ1v) is 6.52. The lowest BCUT2D eigenvalue weighted by molar-refractivity contribution is -0.132. The van der Waals surface area contributed by atoms with Crippen molar-refractivity contribution in [3.8, 4) is 0 Å². The van der Waals surface area contributed by atoms with Crippen molar-refractivity contribution in [1.82, 2.24) is 10.6 Å². The molecule has 2 amide bonds. The molecule has 0 aliphatic carbocycles. The first kappa shape index (κ1) is 13.5. The normalized spacial score (nSPS) is 20.5. The third-order valence-electron chi connectivity index (χ3n) is 3.34. The third kappa shape index (κ3) is 3.79. The van der Waals surface area contributed by atoms with Crippen molar-refractivity contribution in [1.29, 1.82) is 0 Å². The maximum atomic E-state index is 11.9. The van der Waals surface area contributed by atoms with E-state index in [0.29, 0.717) is 19.5 Å². The SMILES string of the molecule is NC(CNC(=O)C1CCNC(=O)C1)c1ccccc1. The zero-order chi connectivity index (χ0) is 13.7. The molecule has 2 rings (SSSR count). The molecule has 102 valence electrons. The molecule has 0 aromatic heterocycles. The van der Waals surface area contributed by atoms with Crippen LogP contribution in [-0.2, 0) is 9.59 Å². The van der Waals surface area contributed by atoms with Crippen LogP contribution in [0, 0.1) is 5.92 Å². The monoisotopic (exact) mass is 261 g/mol. The van der Waals surface area contributed by atoms with Gasteiger partial charge < -0.3 is 16.4 Å². The second kappa shape index (κ2) is 6.33. The Balaban J connectivity index is 1.81. The molecule has 0 spiro atoms. The molecule has 0 saturated carbocycles. The van der Waals surface area contributed by atoms with Gasteiger partial charge in [-0.05, 0) is 12.0 Å². The predicted molar refractivity (Wildman–Crippen MR) is 72.1 cm³/mol. The van der Waals surface area contributed by atoms with E-state index in [1.54, 1.807) is 0 Å². The summed E-state index contributed by atoms with van der Waals surface area (Å²) in [5, 5.41) is 5.54. The highest BCUT2D eigenvalue weighted by atomic mass is 16.2. The van der Waals surface area contributed by atoms with Gasteiger partial charge >= 0.3 is 0 Å². The molecule has 1 fully saturated rings. The van der Waals surface area contributed by atoms with Crippen LogP contribution >= 0.6 is 0 Å². The van der Waals surface area contributed by atoms with E-state index in [4.69, 9.17) is 5.73 Å². The molecule has 2 atom stereocenters. The molecule has 19 heavy (non-hydrogen) atoms. The van der Waals surface area contributed by atoms with Crippen LogP contribution in [0.2, 0.25) is 0 Å². The Morgan fingerprint density at radius 2 is 2.16 bits per heavy atom. The van der Waals surface area contributed by atoms with Gasteiger partial charge in [-0.3, -0.25) is 9.59 Å². The Hall–Kier alpha value is -1.88. The Morgan fingerprint density at radius 3 is 2.84 bits per heavy atom. The van der Waals surface area contributed by atoms with Gasteiger partial charge in [-0.25, -0.2) is 0 Å². The van der Waals surface area contributed by atoms with Crippen LogP contribution in [0.1, 0.15) is 24.4 Å². The van der Waals surface area contributed by atoms with Gasteiger partial charge in [0.15, 0.2) is 0 Å². The smallest absolute Gasteiger partial charge is 0.223 e. The Bertz CT molecular complexity index is 447. The van der Waals surface area contributed by atoms with Crippen molar-refractivity contribution >= 4 is 11.8 Å². The summed E-state index contributed by atoms with van der Waals surface area (Å²) >= 11 is 0. The first-order valence-electron chi connectivity index (χ1n) is 6.52. The molecule has 1 aromatic carbocycles. The van der Waals surface area contributed by atoms with Gasteiger partial charge in [-0.15, -0.1) is 0 Å². The lowest BCUT2D eigenvalue weighted by Crippen LogP contribution is -2.42. The van der Waals surface area contributed by atoms with Gasteiger partial charge in [0.25, 0.3) is 0 Å². The summed E-state index contributed by atoms with van der Waals surface area (Å²) in [6, 6.07) is 9.42. The maximum Gasteiger partial charge on any atom is 0.223 e. The van der Waals surface area contributed by atoms with Crippen LogP contribution in [-0.4, -0.2) is 24.9 Å². The fourth-order valence-corrected chi connectivity index (χ4v) is 2.18. The van der Waals surface area contributed by atoms with Crippen molar-refractivity contribution < 1.29 is 9.59 Å². The first-order chi connectivity index (χ1) is 9.16. The molecule has 0 bridgehead atoms. The van der Waals surface area contributed by atoms with Crippen molar-refractivity contribution in [3.05, 3.63) is 35.9 Å². The van der Waals surface area contributed by atoms with E-state index in [1.807, 2.05) is 30.3 Å². The van der Waals surface area contributed by atoms with E-state index in [1.165, 1.54) is 0 Å². The fraction of sp³-hybridized carbons (Fsp3) is 0.429. The zero-order valence-corrected chi connectivity index (χ0v) is 10.8. The highest BCUT2D eigenvalue weighted by molar-refractivity contribution is 5.86. The highest BCUT2D eigenvalue weighted by Crippen LogP contribution is 2.13. The lowest BCUT2D eigenvalue weighted by Gasteiger charge is -2.22. The maximum absolute atomic E-state index is 11.9. The van der Waals surface area contributed by atoms with Gasteiger partial charge in [0.2, 0.25) is 11.8 Å². The number of amides is 2. The summed E-state index contributed by atoms with van der Waals surface area (Å²) in [7, 11) is 0. The lowest BCUT2D eigenvalue weighted by atomic mass is 9.96. The molecule has 1 aliphatic rings. The molecule has 1 aromatic rings. The number of nitrogens with two attached hydrogens (primary N) is 1. The number of hydrogen-bond acceptors (Lipinski definition) is 3. The van der Waals surface area contributed by atoms with E-state index in [9.17, 15) is 9.59 Å². The van der Waals surface area contributed by atoms with Gasteiger partial charge in [-0.1, -0.05) is 30.3 Å². The quantitative estimate of drug-likeness (QED) is 0.730. The number of carbonyl (C=O) groups is 2. The summed E-state index contributed by atoms with van der Waals surface area (Å²) in [6.07, 6.45) is 0.963. The topological polar surface area (TPSA) is 84.2 Å². The van der Waals surface area contributed by atoms with Crippen molar-refractivity contribution in [2.45, 2.75) is 18.9 Å². The van der Waals surface area contributed by atoms with E-state index in [2.05, 4.69) is 10.6 Å². The average Bonchev–Trinajstić information content (AvgIpc) is 2.45. The third-order valence-corrected chi connectivity index (χ3v) is 3.34. The van der Waals surface area contributed by atoms with E-state index >= 15 is 0 Å². The number of nitrogens with one attached hydrogen (secondary N) is 2. The molecule has 5 nitrogen and oxygen atoms in total. The summed E-state index contributed by atoms with van der Waals surface area (Å²) in [5.74, 6) is -0.364. The fourth-order valence-electron chi connectivity index (χ4n) is 2.18. The largest absolute Gasteiger partial charge is 0.356 e. The average molecular weight is 261 g/mol. The zero-order valence-electron chi connectivity index (χ0n) is 10.8. The van der Waals surface area contributed by atoms with Crippen LogP contribution in [0.25, 0.3) is 0 Å². The van der Waals surface area contributed by atoms with E-state index < -0.39 is 0 Å². The second-order valence-corrected chi connectivity index (χ2v) is 4.80. The molecule has 0 radical (unpaired) electrons. The summed E-state index contributed by atoms with van der Waals surface area (Å²) in [6.45, 7) is 0.961. The molecular formula is C14H19N3O2. The van der Waals surface area contributed by atoms with Crippen LogP contribution in [0.15, 0.2) is 30.3 Å². The summed E-state index contributed by atoms with van der Waals surface area (Å²) < 4.78 is 0. The predicted octanol–water partition coefficient (Wildman–Crippen LogP) is 0.329. The minimum atomic E-state index is -0.225. The number of benzene rings is 1. The minimum Gasteiger partial charge on any atom is -0.356 e. The Morgan fingerprint density at radius 1 is 1.42 bits per heavy atom. The van der Waals surface area contributed by atoms with E-state index in [-0.39, 0.29) is 30.2 Å². The summed E-state index contributed by atoms with van der Waals surface area (Å²) in [4.78, 5) is 23.2. The van der Waals surface area contributed by atoms with Crippen LogP contribution < -0.4 is 16.4 Å². The molecule has 2 unspecified atom stereocenters. The molecule has 5 heteroatoms. The van der Waals surface area contributed by atoms with Gasteiger partial charge in [0.1, 0.15) is 0 Å². The van der Waals surface area contributed by atoms with E-state index in [0.717, 1.165) is 5.56 Å². The van der Waals surface area contributed by atoms with Crippen LogP contribution in [0.5, 0.6) is 0 Å². The highest BCUT2D eigenvalue weighted by Gasteiger charge is 2.25. The van der Waals surface area contributed by atoms with Crippen molar-refractivity contribution in [3.63, 3.8) is 0 Å². The standard InChI is InChI=1S/C14H19N3O2/c15-12(10-4-2-1-3-5-10)9-17-14(19)11-6-7-16-13(18)8-11/h1-5,11-12H,6-9,15H2,(H,16,18)(H,17,19).